The quantitative estimate of drug-likeness (QED) is 0.101. The van der Waals surface area contributed by atoms with Crippen LogP contribution in [0.2, 0.25) is 0 Å². The van der Waals surface area contributed by atoms with E-state index in [1.54, 1.807) is 18.2 Å². The standard InChI is InChI=1S/C61H42BN5O.Pt/c1-44-40-53(47-22-8-3-9-23-47)61(54(41-44)48-38-36-46(37-39-48)45-20-6-2-7-21-45)65-43-64(55-30-14-15-31-56(55)65)51-28-18-29-52(42-51)68-60-35-19-34-59(63-60)67-58-33-17-16-32-57(58)66(50-26-12-5-13-27-50)62(67)49-24-10-4-11-25-49;/h2-32,34-41H,1H3;/q-2;/i1D3,19D,34D,35D;. The van der Waals surface area contributed by atoms with E-state index in [9.17, 15) is 1.37 Å². The number of anilines is 4. The number of hydrogen-bond donors (Lipinski definition) is 0. The minimum absolute atomic E-state index is 0.134. The molecular weight excluding hydrogens is 1020 g/mol. The summed E-state index contributed by atoms with van der Waals surface area (Å²) in [5.74, 6) is 0.213. The van der Waals surface area contributed by atoms with Gasteiger partial charge in [0.2, 0.25) is 0 Å². The van der Waals surface area contributed by atoms with E-state index in [0.29, 0.717) is 11.4 Å². The Morgan fingerprint density at radius 1 is 0.594 bits per heavy atom. The van der Waals surface area contributed by atoms with Crippen molar-refractivity contribution in [3.63, 3.8) is 0 Å². The van der Waals surface area contributed by atoms with E-state index in [4.69, 9.17) is 16.6 Å². The molecule has 0 radical (unpaired) electrons. The minimum atomic E-state index is -2.40. The molecule has 69 heavy (non-hydrogen) atoms. The average Bonchev–Trinajstić information content (AvgIpc) is 3.95. The zero-order chi connectivity index (χ0) is 51.4. The molecule has 11 aromatic rings. The summed E-state index contributed by atoms with van der Waals surface area (Å²) in [4.78, 5) is 9.01. The Kier molecular flexibility index (Phi) is 9.41. The van der Waals surface area contributed by atoms with Gasteiger partial charge in [-0.05, 0) is 12.1 Å². The number of benzene rings is 9. The van der Waals surface area contributed by atoms with Gasteiger partial charge < -0.3 is 0 Å². The molecule has 1 aliphatic rings. The van der Waals surface area contributed by atoms with E-state index in [2.05, 4.69) is 87.9 Å². The van der Waals surface area contributed by atoms with Gasteiger partial charge >= 0.3 is 339 Å². The molecule has 1 aliphatic heterocycles. The molecule has 0 aliphatic carbocycles. The molecule has 332 valence electrons. The molecular formula is C61H42BN5OPt-2. The third-order valence-corrected chi connectivity index (χ3v) is 13.4. The summed E-state index contributed by atoms with van der Waals surface area (Å²) in [5.41, 5.74) is 12.0. The van der Waals surface area contributed by atoms with Gasteiger partial charge in [0.1, 0.15) is 0 Å². The molecule has 0 saturated carbocycles. The van der Waals surface area contributed by atoms with Crippen LogP contribution in [0.15, 0.2) is 237 Å². The number of hydrogen-bond acceptors (Lipinski definition) is 4. The number of pyridine rings is 1. The molecule has 0 amide bonds. The van der Waals surface area contributed by atoms with E-state index in [-0.39, 0.29) is 41.1 Å². The molecule has 0 atom stereocenters. The number of ether oxygens (including phenoxy) is 1. The SMILES string of the molecule is [2H]c1c(Oc2[c-]c(-n3[c](=[Pt])n(-c4c(-c5ccccc5)cc(C([2H])([2H])[2H])cc4-c4ccc(-c5ccccc5)cc4)c4ccccc43)ccc2)nc(N2B(c3ccccc3)N(c3ccccc3)c3ccc[c-]c32)c([2H])c1[2H]. The number of aryl methyl sites for hydroxylation is 1. The second-order valence-corrected chi connectivity index (χ2v) is 17.5. The van der Waals surface area contributed by atoms with Crippen molar-refractivity contribution in [1.82, 2.24) is 14.1 Å². The Bertz CT molecular complexity index is 3990. The molecule has 0 saturated heterocycles. The molecule has 9 aromatic carbocycles. The van der Waals surface area contributed by atoms with E-state index >= 15 is 0 Å². The second-order valence-electron chi connectivity index (χ2n) is 16.5. The molecule has 12 rings (SSSR count). The van der Waals surface area contributed by atoms with E-state index in [0.717, 1.165) is 70.7 Å². The summed E-state index contributed by atoms with van der Waals surface area (Å²) < 4.78 is 65.2. The number of para-hydroxylation sites is 4. The van der Waals surface area contributed by atoms with Crippen molar-refractivity contribution in [3.8, 4) is 56.4 Å². The fourth-order valence-corrected chi connectivity index (χ4v) is 10.4. The zero-order valence-electron chi connectivity index (χ0n) is 42.8. The van der Waals surface area contributed by atoms with Gasteiger partial charge in [0.05, 0.1) is 0 Å². The third kappa shape index (κ3) is 7.81. The molecule has 0 spiro atoms. The topological polar surface area (TPSA) is 38.5 Å². The van der Waals surface area contributed by atoms with Crippen molar-refractivity contribution in [1.29, 1.82) is 0 Å². The first-order chi connectivity index (χ1) is 36.5. The second kappa shape index (κ2) is 18.1. The predicted molar refractivity (Wildman–Crippen MR) is 278 cm³/mol. The molecule has 6 nitrogen and oxygen atoms in total. The van der Waals surface area contributed by atoms with Gasteiger partial charge in [-0.25, -0.2) is 0 Å². The van der Waals surface area contributed by atoms with Crippen molar-refractivity contribution in [2.24, 2.45) is 0 Å². The van der Waals surface area contributed by atoms with Crippen LogP contribution >= 0.6 is 0 Å². The van der Waals surface area contributed by atoms with Crippen LogP contribution in [0.5, 0.6) is 11.6 Å². The monoisotopic (exact) mass is 1070 g/mol. The van der Waals surface area contributed by atoms with Crippen molar-refractivity contribution in [3.05, 3.63) is 258 Å². The zero-order valence-corrected chi connectivity index (χ0v) is 39.1. The molecule has 3 heterocycles. The fourth-order valence-electron chi connectivity index (χ4n) is 9.34. The number of fused-ring (bicyclic) bond motifs is 2. The maximum atomic E-state index is 9.35. The van der Waals surface area contributed by atoms with Crippen molar-refractivity contribution in [2.75, 3.05) is 9.62 Å². The van der Waals surface area contributed by atoms with Crippen molar-refractivity contribution >= 4 is 46.4 Å². The van der Waals surface area contributed by atoms with Gasteiger partial charge in [-0.15, -0.1) is 6.07 Å². The van der Waals surface area contributed by atoms with Crippen LogP contribution in [0.25, 0.3) is 55.8 Å². The Balaban J connectivity index is 0.999. The van der Waals surface area contributed by atoms with Crippen molar-refractivity contribution < 1.29 is 32.3 Å². The normalized spacial score (nSPS) is 13.6. The van der Waals surface area contributed by atoms with Gasteiger partial charge in [0, 0.05) is 5.69 Å². The first kappa shape index (κ1) is 35.9. The Hall–Kier alpha value is -8.25. The van der Waals surface area contributed by atoms with E-state index < -0.39 is 13.8 Å². The van der Waals surface area contributed by atoms with Crippen LogP contribution in [0.1, 0.15) is 13.8 Å². The number of imidazole rings is 1. The average molecular weight is 1070 g/mol. The van der Waals surface area contributed by atoms with Crippen LogP contribution in [0.4, 0.5) is 22.9 Å². The van der Waals surface area contributed by atoms with Gasteiger partial charge in [-0.2, -0.15) is 12.1 Å². The van der Waals surface area contributed by atoms with Crippen LogP contribution < -0.4 is 19.8 Å². The Morgan fingerprint density at radius 2 is 1.20 bits per heavy atom. The first-order valence-electron chi connectivity index (χ1n) is 25.5. The molecule has 0 unspecified atom stereocenters. The van der Waals surface area contributed by atoms with Crippen LogP contribution in [0, 0.1) is 22.8 Å². The van der Waals surface area contributed by atoms with Crippen molar-refractivity contribution in [2.45, 2.75) is 6.85 Å². The molecule has 8 heteroatoms. The fraction of sp³-hybridized carbons (Fsp3) is 0.0164. The van der Waals surface area contributed by atoms with E-state index in [1.807, 2.05) is 163 Å². The maximum absolute atomic E-state index is 9.35. The summed E-state index contributed by atoms with van der Waals surface area (Å²) >= 11 is 2.33. The van der Waals surface area contributed by atoms with E-state index in [1.165, 1.54) is 0 Å². The van der Waals surface area contributed by atoms with Gasteiger partial charge in [-0.1, -0.05) is 48.5 Å². The third-order valence-electron chi connectivity index (χ3n) is 12.3. The number of nitrogens with zero attached hydrogens (tertiary/aromatic N) is 5. The molecule has 0 N–H and O–H groups in total. The van der Waals surface area contributed by atoms with Gasteiger partial charge in [0.15, 0.2) is 0 Å². The summed E-state index contributed by atoms with van der Waals surface area (Å²) in [6.07, 6.45) is 0. The van der Waals surface area contributed by atoms with Gasteiger partial charge in [-0.3, -0.25) is 0 Å². The van der Waals surface area contributed by atoms with Crippen LogP contribution in [-0.2, 0) is 19.4 Å². The van der Waals surface area contributed by atoms with Crippen LogP contribution in [-0.4, -0.2) is 21.1 Å². The predicted octanol–water partition coefficient (Wildman–Crippen LogP) is 14.3. The summed E-state index contributed by atoms with van der Waals surface area (Å²) in [7, 11) is 0. The molecule has 0 fully saturated rings. The Morgan fingerprint density at radius 3 is 1.91 bits per heavy atom. The number of aromatic nitrogens is 3. The summed E-state index contributed by atoms with van der Waals surface area (Å²) in [5, 5.41) is 0. The molecule has 0 bridgehead atoms. The summed E-state index contributed by atoms with van der Waals surface area (Å²) in [6, 6.07) is 77.1. The first-order valence-corrected chi connectivity index (χ1v) is 23.6. The molecule has 2 aromatic heterocycles. The Labute approximate surface area is 421 Å². The summed E-state index contributed by atoms with van der Waals surface area (Å²) in [6.45, 7) is -2.93. The number of rotatable bonds is 10. The van der Waals surface area contributed by atoms with Crippen LogP contribution in [0.3, 0.4) is 0 Å². The van der Waals surface area contributed by atoms with Gasteiger partial charge in [0.25, 0.3) is 0 Å².